The van der Waals surface area contributed by atoms with Crippen molar-refractivity contribution in [3.05, 3.63) is 35.8 Å². The molecule has 7 heteroatoms. The van der Waals surface area contributed by atoms with E-state index in [2.05, 4.69) is 4.98 Å². The first-order chi connectivity index (χ1) is 13.1. The SMILES string of the molecule is CN(C)c1nc(-c2ccncc2)nc2c1CCN(C(=O)CCCCCN)C2. The second-order valence-corrected chi connectivity index (χ2v) is 7.09. The highest BCUT2D eigenvalue weighted by Crippen LogP contribution is 2.28. The van der Waals surface area contributed by atoms with Crippen LogP contribution in [-0.2, 0) is 17.8 Å². The maximum absolute atomic E-state index is 12.6. The van der Waals surface area contributed by atoms with Crippen LogP contribution >= 0.6 is 0 Å². The lowest BCUT2D eigenvalue weighted by Crippen LogP contribution is -2.37. The van der Waals surface area contributed by atoms with Crippen LogP contribution in [0, 0.1) is 0 Å². The summed E-state index contributed by atoms with van der Waals surface area (Å²) < 4.78 is 0. The third-order valence-electron chi connectivity index (χ3n) is 4.85. The number of nitrogens with two attached hydrogens (primary N) is 1. The topological polar surface area (TPSA) is 88.2 Å². The normalized spacial score (nSPS) is 13.4. The second-order valence-electron chi connectivity index (χ2n) is 7.09. The highest BCUT2D eigenvalue weighted by molar-refractivity contribution is 5.76. The van der Waals surface area contributed by atoms with Crippen LogP contribution in [0.15, 0.2) is 24.5 Å². The van der Waals surface area contributed by atoms with E-state index in [-0.39, 0.29) is 5.91 Å². The Morgan fingerprint density at radius 1 is 1.19 bits per heavy atom. The summed E-state index contributed by atoms with van der Waals surface area (Å²) in [6.07, 6.45) is 7.73. The number of amides is 1. The molecule has 7 nitrogen and oxygen atoms in total. The van der Waals surface area contributed by atoms with Crippen molar-refractivity contribution in [1.29, 1.82) is 0 Å². The van der Waals surface area contributed by atoms with E-state index in [9.17, 15) is 4.79 Å². The van der Waals surface area contributed by atoms with E-state index in [1.165, 1.54) is 0 Å². The molecule has 1 amide bonds. The molecule has 0 radical (unpaired) electrons. The van der Waals surface area contributed by atoms with Crippen LogP contribution in [-0.4, -0.2) is 52.9 Å². The first kappa shape index (κ1) is 19.2. The molecule has 0 saturated carbocycles. The molecule has 2 N–H and O–H groups in total. The van der Waals surface area contributed by atoms with Crippen LogP contribution in [0.1, 0.15) is 36.9 Å². The van der Waals surface area contributed by atoms with Gasteiger partial charge in [-0.1, -0.05) is 6.42 Å². The number of unbranched alkanes of at least 4 members (excludes halogenated alkanes) is 2. The molecule has 0 aliphatic carbocycles. The lowest BCUT2D eigenvalue weighted by atomic mass is 10.0. The zero-order chi connectivity index (χ0) is 19.2. The minimum Gasteiger partial charge on any atom is -0.362 e. The summed E-state index contributed by atoms with van der Waals surface area (Å²) in [7, 11) is 3.99. The molecule has 3 rings (SSSR count). The van der Waals surface area contributed by atoms with E-state index >= 15 is 0 Å². The largest absolute Gasteiger partial charge is 0.362 e. The van der Waals surface area contributed by atoms with Gasteiger partial charge in [-0.15, -0.1) is 0 Å². The van der Waals surface area contributed by atoms with E-state index in [0.717, 1.165) is 54.9 Å². The number of pyridine rings is 1. The van der Waals surface area contributed by atoms with Crippen molar-refractivity contribution >= 4 is 11.7 Å². The van der Waals surface area contributed by atoms with E-state index in [1.807, 2.05) is 36.0 Å². The molecule has 0 aromatic carbocycles. The van der Waals surface area contributed by atoms with Gasteiger partial charge in [-0.25, -0.2) is 9.97 Å². The average Bonchev–Trinajstić information content (AvgIpc) is 2.70. The molecule has 0 atom stereocenters. The first-order valence-electron chi connectivity index (χ1n) is 9.55. The lowest BCUT2D eigenvalue weighted by molar-refractivity contribution is -0.132. The molecule has 2 aromatic heterocycles. The van der Waals surface area contributed by atoms with Gasteiger partial charge >= 0.3 is 0 Å². The molecule has 1 aliphatic heterocycles. The fourth-order valence-corrected chi connectivity index (χ4v) is 3.38. The smallest absolute Gasteiger partial charge is 0.222 e. The van der Waals surface area contributed by atoms with Crippen molar-refractivity contribution in [2.45, 2.75) is 38.6 Å². The number of fused-ring (bicyclic) bond motifs is 1. The summed E-state index contributed by atoms with van der Waals surface area (Å²) in [4.78, 5) is 30.2. The molecule has 144 valence electrons. The van der Waals surface area contributed by atoms with Crippen LogP contribution < -0.4 is 10.6 Å². The Hall–Kier alpha value is -2.54. The van der Waals surface area contributed by atoms with Gasteiger partial charge in [0.1, 0.15) is 5.82 Å². The van der Waals surface area contributed by atoms with Gasteiger partial charge in [0, 0.05) is 50.6 Å². The summed E-state index contributed by atoms with van der Waals surface area (Å²) in [5.74, 6) is 1.81. The van der Waals surface area contributed by atoms with Crippen molar-refractivity contribution in [3.8, 4) is 11.4 Å². The number of carbonyl (C=O) groups excluding carboxylic acids is 1. The number of nitrogens with zero attached hydrogens (tertiary/aromatic N) is 5. The van der Waals surface area contributed by atoms with E-state index in [0.29, 0.717) is 25.3 Å². The molecule has 0 unspecified atom stereocenters. The molecule has 3 heterocycles. The summed E-state index contributed by atoms with van der Waals surface area (Å²) in [6, 6.07) is 3.81. The zero-order valence-electron chi connectivity index (χ0n) is 16.2. The highest BCUT2D eigenvalue weighted by Gasteiger charge is 2.26. The maximum Gasteiger partial charge on any atom is 0.222 e. The van der Waals surface area contributed by atoms with Crippen LogP contribution in [0.2, 0.25) is 0 Å². The number of carbonyl (C=O) groups is 1. The van der Waals surface area contributed by atoms with Gasteiger partial charge in [0.2, 0.25) is 5.91 Å². The zero-order valence-corrected chi connectivity index (χ0v) is 16.2. The summed E-state index contributed by atoms with van der Waals surface area (Å²) in [5, 5.41) is 0. The quantitative estimate of drug-likeness (QED) is 0.752. The highest BCUT2D eigenvalue weighted by atomic mass is 16.2. The van der Waals surface area contributed by atoms with Gasteiger partial charge in [-0.3, -0.25) is 9.78 Å². The minimum absolute atomic E-state index is 0.202. The van der Waals surface area contributed by atoms with Gasteiger partial charge in [0.15, 0.2) is 5.82 Å². The Labute approximate surface area is 160 Å². The standard InChI is InChI=1S/C20H28N6O/c1-25(2)20-16-9-13-26(18(27)6-4-3-5-10-21)14-17(16)23-19(24-20)15-7-11-22-12-8-15/h7-8,11-12H,3-6,9-10,13-14,21H2,1-2H3. The minimum atomic E-state index is 0.202. The Morgan fingerprint density at radius 3 is 2.67 bits per heavy atom. The van der Waals surface area contributed by atoms with Crippen LogP contribution in [0.5, 0.6) is 0 Å². The van der Waals surface area contributed by atoms with Crippen molar-refractivity contribution < 1.29 is 4.79 Å². The monoisotopic (exact) mass is 368 g/mol. The number of hydrogen-bond donors (Lipinski definition) is 1. The molecule has 0 spiro atoms. The third-order valence-corrected chi connectivity index (χ3v) is 4.85. The first-order valence-corrected chi connectivity index (χ1v) is 9.55. The number of hydrogen-bond acceptors (Lipinski definition) is 6. The number of aromatic nitrogens is 3. The fourth-order valence-electron chi connectivity index (χ4n) is 3.38. The maximum atomic E-state index is 12.6. The predicted molar refractivity (Wildman–Crippen MR) is 106 cm³/mol. The van der Waals surface area contributed by atoms with Gasteiger partial charge < -0.3 is 15.5 Å². The molecule has 0 fully saturated rings. The van der Waals surface area contributed by atoms with Crippen LogP contribution in [0.25, 0.3) is 11.4 Å². The van der Waals surface area contributed by atoms with Gasteiger partial charge in [0.05, 0.1) is 12.2 Å². The summed E-state index contributed by atoms with van der Waals surface area (Å²) in [5.41, 5.74) is 8.55. The molecule has 2 aromatic rings. The van der Waals surface area contributed by atoms with Gasteiger partial charge in [-0.05, 0) is 37.9 Å². The van der Waals surface area contributed by atoms with Crippen molar-refractivity contribution in [2.75, 3.05) is 32.1 Å². The average molecular weight is 368 g/mol. The van der Waals surface area contributed by atoms with Gasteiger partial charge in [-0.2, -0.15) is 0 Å². The van der Waals surface area contributed by atoms with Crippen LogP contribution in [0.3, 0.4) is 0 Å². The molecule has 1 aliphatic rings. The predicted octanol–water partition coefficient (Wildman–Crippen LogP) is 2.01. The summed E-state index contributed by atoms with van der Waals surface area (Å²) >= 11 is 0. The van der Waals surface area contributed by atoms with E-state index in [1.54, 1.807) is 12.4 Å². The molecule has 0 saturated heterocycles. The lowest BCUT2D eigenvalue weighted by Gasteiger charge is -2.30. The van der Waals surface area contributed by atoms with Crippen molar-refractivity contribution in [3.63, 3.8) is 0 Å². The number of rotatable bonds is 7. The van der Waals surface area contributed by atoms with E-state index < -0.39 is 0 Å². The Bertz CT molecular complexity index is 778. The molecular weight excluding hydrogens is 340 g/mol. The number of anilines is 1. The molecular formula is C20H28N6O. The van der Waals surface area contributed by atoms with Crippen molar-refractivity contribution in [1.82, 2.24) is 19.9 Å². The van der Waals surface area contributed by atoms with Crippen molar-refractivity contribution in [2.24, 2.45) is 5.73 Å². The Balaban J connectivity index is 1.82. The molecule has 27 heavy (non-hydrogen) atoms. The van der Waals surface area contributed by atoms with Crippen LogP contribution in [0.4, 0.5) is 5.82 Å². The Kier molecular flexibility index (Phi) is 6.34. The summed E-state index contributed by atoms with van der Waals surface area (Å²) in [6.45, 7) is 1.96. The van der Waals surface area contributed by atoms with E-state index in [4.69, 9.17) is 15.7 Å². The third kappa shape index (κ3) is 4.60. The second kappa shape index (κ2) is 8.90. The Morgan fingerprint density at radius 2 is 1.96 bits per heavy atom. The fraction of sp³-hybridized carbons (Fsp3) is 0.500. The molecule has 0 bridgehead atoms. The van der Waals surface area contributed by atoms with Gasteiger partial charge in [0.25, 0.3) is 0 Å².